The van der Waals surface area contributed by atoms with Crippen LogP contribution in [0.2, 0.25) is 0 Å². The van der Waals surface area contributed by atoms with E-state index in [1.54, 1.807) is 0 Å². The Kier molecular flexibility index (Phi) is 8.74. The molecule has 0 bridgehead atoms. The molecule has 172 valence electrons. The number of methoxy groups -OCH3 is 1. The third-order valence-electron chi connectivity index (χ3n) is 3.89. The van der Waals surface area contributed by atoms with Gasteiger partial charge in [-0.05, 0) is 13.8 Å². The number of carboxylic acid groups (broad SMARTS) is 1. The number of aliphatic carboxylic acids is 1. The van der Waals surface area contributed by atoms with Gasteiger partial charge >= 0.3 is 51.8 Å². The molecule has 5 N–H and O–H groups in total. The van der Waals surface area contributed by atoms with Crippen molar-refractivity contribution in [2.75, 3.05) is 12.8 Å². The van der Waals surface area contributed by atoms with Crippen molar-refractivity contribution >= 4 is 56.2 Å². The Morgan fingerprint density at radius 1 is 1.41 bits per heavy atom. The molecule has 32 heavy (non-hydrogen) atoms. The van der Waals surface area contributed by atoms with E-state index in [1.165, 1.54) is 5.38 Å². The van der Waals surface area contributed by atoms with Gasteiger partial charge in [0.25, 0.3) is 11.8 Å². The number of carbonyl (C=O) groups excluding carboxylic acids is 3. The molecule has 1 saturated heterocycles. The summed E-state index contributed by atoms with van der Waals surface area (Å²) in [5, 5.41) is 16.0. The van der Waals surface area contributed by atoms with Crippen LogP contribution in [0.15, 0.2) is 10.5 Å². The van der Waals surface area contributed by atoms with Crippen molar-refractivity contribution in [2.45, 2.75) is 31.5 Å². The first-order valence-corrected chi connectivity index (χ1v) is 10.4. The number of hydrogen-bond acceptors (Lipinski definition) is 12. The quantitative estimate of drug-likeness (QED) is 0.0653. The Hall–Kier alpha value is -2.31. The zero-order valence-corrected chi connectivity index (χ0v) is 20.8. The van der Waals surface area contributed by atoms with Crippen LogP contribution in [0.1, 0.15) is 21.0 Å². The number of nitrogen functional groups attached to an aromatic ring is 1. The minimum Gasteiger partial charge on any atom is -1.00 e. The van der Waals surface area contributed by atoms with Crippen LogP contribution in [0.25, 0.3) is 0 Å². The molecule has 2 amide bonds. The van der Waals surface area contributed by atoms with Crippen molar-refractivity contribution in [1.29, 1.82) is 0 Å². The SMILES string of the molecule is COC(=O)C1C(NC(=O)/C(=N\OC(C)(C)C(=O)O)c2csc(N)n2)C(=O)N1S(=O)(=O)O.[H-].[Na+]. The molecule has 0 aliphatic carbocycles. The number of β-lactam (4-membered cyclic amide) rings is 1. The van der Waals surface area contributed by atoms with Gasteiger partial charge in [0.2, 0.25) is 5.60 Å². The van der Waals surface area contributed by atoms with Gasteiger partial charge in [-0.3, -0.25) is 14.1 Å². The summed E-state index contributed by atoms with van der Waals surface area (Å²) in [6.45, 7) is 2.30. The number of rotatable bonds is 8. The second-order valence-electron chi connectivity index (χ2n) is 6.45. The molecule has 0 saturated carbocycles. The van der Waals surface area contributed by atoms with Gasteiger partial charge in [-0.15, -0.1) is 11.3 Å². The van der Waals surface area contributed by atoms with Crippen molar-refractivity contribution in [3.63, 3.8) is 0 Å². The molecular formula is C14H18N5NaO10S2. The largest absolute Gasteiger partial charge is 1.00 e. The fourth-order valence-electron chi connectivity index (χ4n) is 2.22. The third kappa shape index (κ3) is 5.73. The monoisotopic (exact) mass is 503 g/mol. The van der Waals surface area contributed by atoms with Crippen molar-refractivity contribution in [3.8, 4) is 0 Å². The van der Waals surface area contributed by atoms with Crippen LogP contribution >= 0.6 is 11.3 Å². The van der Waals surface area contributed by atoms with Crippen molar-refractivity contribution < 1.29 is 77.8 Å². The van der Waals surface area contributed by atoms with Crippen LogP contribution in [0, 0.1) is 0 Å². The number of oxime groups is 1. The van der Waals surface area contributed by atoms with Gasteiger partial charge in [0.1, 0.15) is 11.7 Å². The molecule has 2 atom stereocenters. The number of hydrogen-bond donors (Lipinski definition) is 4. The fourth-order valence-corrected chi connectivity index (χ4v) is 3.61. The topological polar surface area (TPSA) is 228 Å². The van der Waals surface area contributed by atoms with Gasteiger partial charge in [0.05, 0.1) is 7.11 Å². The van der Waals surface area contributed by atoms with Crippen molar-refractivity contribution in [3.05, 3.63) is 11.1 Å². The van der Waals surface area contributed by atoms with Crippen molar-refractivity contribution in [2.24, 2.45) is 5.16 Å². The molecule has 2 unspecified atom stereocenters. The molecule has 0 aromatic carbocycles. The summed E-state index contributed by atoms with van der Waals surface area (Å²) in [6, 6.07) is -3.62. The molecule has 2 rings (SSSR count). The number of nitrogens with zero attached hydrogens (tertiary/aromatic N) is 3. The number of esters is 1. The number of carboxylic acids is 1. The number of anilines is 1. The smallest absolute Gasteiger partial charge is 1.00 e. The summed E-state index contributed by atoms with van der Waals surface area (Å²) in [7, 11) is -4.21. The normalized spacial score (nSPS) is 18.8. The van der Waals surface area contributed by atoms with E-state index < -0.39 is 57.5 Å². The van der Waals surface area contributed by atoms with Gasteiger partial charge < -0.3 is 27.2 Å². The molecule has 15 nitrogen and oxygen atoms in total. The molecule has 1 aliphatic rings. The maximum atomic E-state index is 12.7. The minimum atomic E-state index is -5.11. The van der Waals surface area contributed by atoms with Crippen LogP contribution < -0.4 is 40.6 Å². The molecule has 0 spiro atoms. The molecule has 1 aliphatic heterocycles. The first-order valence-electron chi connectivity index (χ1n) is 8.11. The Bertz CT molecular complexity index is 1080. The van der Waals surface area contributed by atoms with Crippen LogP contribution in [-0.2, 0) is 39.1 Å². The first kappa shape index (κ1) is 27.7. The Morgan fingerprint density at radius 3 is 2.44 bits per heavy atom. The van der Waals surface area contributed by atoms with Gasteiger partial charge in [0, 0.05) is 5.38 Å². The average Bonchev–Trinajstić information content (AvgIpc) is 3.07. The number of nitrogens with one attached hydrogen (secondary N) is 1. The molecular weight excluding hydrogens is 485 g/mol. The van der Waals surface area contributed by atoms with Gasteiger partial charge in [-0.1, -0.05) is 5.16 Å². The second kappa shape index (κ2) is 10.1. The van der Waals surface area contributed by atoms with Crippen LogP contribution in [0.5, 0.6) is 0 Å². The minimum absolute atomic E-state index is 0. The van der Waals surface area contributed by atoms with E-state index in [1.807, 2.05) is 0 Å². The number of thiazole rings is 1. The average molecular weight is 503 g/mol. The van der Waals surface area contributed by atoms with Crippen LogP contribution in [-0.4, -0.2) is 81.6 Å². The number of carbonyl (C=O) groups is 4. The number of ether oxygens (including phenoxy) is 1. The summed E-state index contributed by atoms with van der Waals surface area (Å²) in [6.07, 6.45) is 0. The molecule has 0 radical (unpaired) electrons. The van der Waals surface area contributed by atoms with Crippen LogP contribution in [0.4, 0.5) is 5.13 Å². The Labute approximate surface area is 208 Å². The zero-order valence-electron chi connectivity index (χ0n) is 18.1. The summed E-state index contributed by atoms with van der Waals surface area (Å²) < 4.78 is 36.0. The summed E-state index contributed by atoms with van der Waals surface area (Å²) in [5.41, 5.74) is 2.92. The fraction of sp³-hybridized carbons (Fsp3) is 0.429. The van der Waals surface area contributed by atoms with E-state index in [9.17, 15) is 27.6 Å². The number of nitrogens with two attached hydrogens (primary N) is 1. The van der Waals surface area contributed by atoms with Gasteiger partial charge in [-0.2, -0.15) is 12.7 Å². The first-order chi connectivity index (χ1) is 14.2. The van der Waals surface area contributed by atoms with E-state index >= 15 is 0 Å². The standard InChI is InChI=1S/C14H17N5O10S2.Na.H/c1-14(2,12(23)24)29-18-6(5-4-30-13(15)16-5)9(20)17-7-8(11(22)28-3)19(10(7)21)31(25,26)27;;/h4,7-8H,1-3H3,(H2,15,16)(H,17,20)(H,23,24)(H,25,26,27);;/q;+1;-1/b18-6-;;. The molecule has 1 fully saturated rings. The Morgan fingerprint density at radius 2 is 2.00 bits per heavy atom. The molecule has 2 heterocycles. The molecule has 1 aromatic heterocycles. The predicted octanol–water partition coefficient (Wildman–Crippen LogP) is -4.90. The number of amides is 2. The third-order valence-corrected chi connectivity index (χ3v) is 5.47. The summed E-state index contributed by atoms with van der Waals surface area (Å²) in [5.74, 6) is -5.14. The molecule has 18 heteroatoms. The van der Waals surface area contributed by atoms with E-state index in [0.717, 1.165) is 32.3 Å². The zero-order chi connectivity index (χ0) is 23.7. The van der Waals surface area contributed by atoms with Crippen molar-refractivity contribution in [1.82, 2.24) is 14.6 Å². The van der Waals surface area contributed by atoms with E-state index in [0.29, 0.717) is 0 Å². The molecule has 1 aromatic rings. The van der Waals surface area contributed by atoms with Gasteiger partial charge in [0.15, 0.2) is 16.9 Å². The van der Waals surface area contributed by atoms with E-state index in [4.69, 9.17) is 20.2 Å². The maximum Gasteiger partial charge on any atom is 1.00 e. The maximum absolute atomic E-state index is 12.7. The number of aromatic nitrogens is 1. The van der Waals surface area contributed by atoms with E-state index in [-0.39, 0.29) is 46.1 Å². The van der Waals surface area contributed by atoms with E-state index in [2.05, 4.69) is 20.2 Å². The van der Waals surface area contributed by atoms with Crippen LogP contribution in [0.3, 0.4) is 0 Å². The predicted molar refractivity (Wildman–Crippen MR) is 103 cm³/mol. The Balaban J connectivity index is 0.00000512. The van der Waals surface area contributed by atoms with Gasteiger partial charge in [-0.25, -0.2) is 14.6 Å². The summed E-state index contributed by atoms with van der Waals surface area (Å²) >= 11 is 0.914. The summed E-state index contributed by atoms with van der Waals surface area (Å²) in [4.78, 5) is 56.6. The second-order valence-corrected chi connectivity index (χ2v) is 8.63.